The maximum Gasteiger partial charge on any atom is 0.169 e. The Kier molecular flexibility index (Phi) is 0.809. The molecular weight excluding hydrogens is 101 g/mol. The lowest BCUT2D eigenvalue weighted by molar-refractivity contribution is 0.438. The van der Waals surface area contributed by atoms with Crippen molar-refractivity contribution in [2.75, 3.05) is 0 Å². The molecule has 1 nitrogen and oxygen atoms in total. The van der Waals surface area contributed by atoms with E-state index in [2.05, 4.69) is 0 Å². The lowest BCUT2D eigenvalue weighted by atomic mass is 10.9. The minimum atomic E-state index is -1.01. The fraction of sp³-hybridized carbons (Fsp3) is 1.00. The third-order valence-corrected chi connectivity index (χ3v) is 1.68. The standard InChI is InChI=1S/C3H6FNS/c4-3(6-5)1-2-3/h1-2,5H2. The predicted molar refractivity (Wildman–Crippen MR) is 24.9 cm³/mol. The van der Waals surface area contributed by atoms with E-state index in [9.17, 15) is 4.39 Å². The summed E-state index contributed by atoms with van der Waals surface area (Å²) in [5.74, 6) is 0. The van der Waals surface area contributed by atoms with Crippen LogP contribution < -0.4 is 5.14 Å². The fourth-order valence-corrected chi connectivity index (χ4v) is 0.554. The topological polar surface area (TPSA) is 26.0 Å². The van der Waals surface area contributed by atoms with Crippen LogP contribution in [0, 0.1) is 0 Å². The van der Waals surface area contributed by atoms with E-state index in [1.807, 2.05) is 0 Å². The van der Waals surface area contributed by atoms with Gasteiger partial charge in [0.2, 0.25) is 0 Å². The Morgan fingerprint density at radius 3 is 2.17 bits per heavy atom. The lowest BCUT2D eigenvalue weighted by Gasteiger charge is -1.91. The molecule has 0 aliphatic heterocycles. The molecule has 0 aromatic carbocycles. The van der Waals surface area contributed by atoms with Crippen molar-refractivity contribution in [2.24, 2.45) is 5.14 Å². The highest BCUT2D eigenvalue weighted by Crippen LogP contribution is 2.46. The van der Waals surface area contributed by atoms with E-state index >= 15 is 0 Å². The Bertz CT molecular complexity index is 61.8. The van der Waals surface area contributed by atoms with Gasteiger partial charge in [-0.2, -0.15) is 0 Å². The third kappa shape index (κ3) is 0.656. The van der Waals surface area contributed by atoms with Gasteiger partial charge in [-0.05, 0) is 24.8 Å². The van der Waals surface area contributed by atoms with Crippen molar-refractivity contribution in [3.8, 4) is 0 Å². The quantitative estimate of drug-likeness (QED) is 0.507. The maximum absolute atomic E-state index is 12.1. The van der Waals surface area contributed by atoms with Crippen LogP contribution in [0.15, 0.2) is 0 Å². The maximum atomic E-state index is 12.1. The van der Waals surface area contributed by atoms with Gasteiger partial charge in [-0.25, -0.2) is 4.39 Å². The Morgan fingerprint density at radius 1 is 1.67 bits per heavy atom. The molecule has 0 spiro atoms. The van der Waals surface area contributed by atoms with Crippen LogP contribution in [0.2, 0.25) is 0 Å². The van der Waals surface area contributed by atoms with Crippen molar-refractivity contribution < 1.29 is 4.39 Å². The summed E-state index contributed by atoms with van der Waals surface area (Å²) >= 11 is 0.826. The van der Waals surface area contributed by atoms with Crippen LogP contribution in [-0.2, 0) is 0 Å². The number of nitrogens with two attached hydrogens (primary N) is 1. The van der Waals surface area contributed by atoms with Crippen LogP contribution in [0.3, 0.4) is 0 Å². The van der Waals surface area contributed by atoms with E-state index in [-0.39, 0.29) is 0 Å². The smallest absolute Gasteiger partial charge is 0.169 e. The SMILES string of the molecule is NSC1(F)CC1. The molecule has 1 saturated carbocycles. The van der Waals surface area contributed by atoms with E-state index in [4.69, 9.17) is 5.14 Å². The minimum Gasteiger partial charge on any atom is -0.275 e. The van der Waals surface area contributed by atoms with Gasteiger partial charge in [-0.15, -0.1) is 0 Å². The highest BCUT2D eigenvalue weighted by atomic mass is 32.2. The first-order chi connectivity index (χ1) is 2.77. The van der Waals surface area contributed by atoms with Gasteiger partial charge in [-0.3, -0.25) is 5.14 Å². The van der Waals surface area contributed by atoms with Crippen LogP contribution >= 0.6 is 11.9 Å². The fourth-order valence-electron chi connectivity index (χ4n) is 0.216. The zero-order valence-electron chi connectivity index (χ0n) is 3.28. The summed E-state index contributed by atoms with van der Waals surface area (Å²) in [4.78, 5) is 0. The summed E-state index contributed by atoms with van der Waals surface area (Å²) < 4.78 is 12.1. The van der Waals surface area contributed by atoms with Crippen molar-refractivity contribution in [2.45, 2.75) is 17.8 Å². The molecule has 3 heteroatoms. The largest absolute Gasteiger partial charge is 0.275 e. The van der Waals surface area contributed by atoms with Crippen molar-refractivity contribution in [3.05, 3.63) is 0 Å². The monoisotopic (exact) mass is 107 g/mol. The minimum absolute atomic E-state index is 0.647. The van der Waals surface area contributed by atoms with Gasteiger partial charge in [0, 0.05) is 0 Å². The first-order valence-corrected chi connectivity index (χ1v) is 2.72. The number of halogens is 1. The molecule has 0 heterocycles. The van der Waals surface area contributed by atoms with Crippen LogP contribution in [0.4, 0.5) is 4.39 Å². The summed E-state index contributed by atoms with van der Waals surface area (Å²) in [6.07, 6.45) is 1.29. The van der Waals surface area contributed by atoms with Crippen LogP contribution in [0.5, 0.6) is 0 Å². The molecule has 1 fully saturated rings. The van der Waals surface area contributed by atoms with Crippen LogP contribution in [0.1, 0.15) is 12.8 Å². The summed E-state index contributed by atoms with van der Waals surface area (Å²) in [6.45, 7) is 0. The molecule has 6 heavy (non-hydrogen) atoms. The number of rotatable bonds is 1. The third-order valence-electron chi connectivity index (χ3n) is 0.854. The van der Waals surface area contributed by atoms with Crippen molar-refractivity contribution >= 4 is 11.9 Å². The van der Waals surface area contributed by atoms with Gasteiger partial charge in [-0.1, -0.05) is 0 Å². The summed E-state index contributed by atoms with van der Waals surface area (Å²) in [5.41, 5.74) is 0. The highest BCUT2D eigenvalue weighted by Gasteiger charge is 2.43. The van der Waals surface area contributed by atoms with E-state index < -0.39 is 5.00 Å². The Morgan fingerprint density at radius 2 is 2.17 bits per heavy atom. The van der Waals surface area contributed by atoms with E-state index in [0.29, 0.717) is 12.8 Å². The zero-order valence-corrected chi connectivity index (χ0v) is 4.09. The summed E-state index contributed by atoms with van der Waals surface area (Å²) in [5, 5.41) is 3.90. The van der Waals surface area contributed by atoms with Crippen LogP contribution in [0.25, 0.3) is 0 Å². The number of hydrogen-bond acceptors (Lipinski definition) is 2. The van der Waals surface area contributed by atoms with Gasteiger partial charge in [0.1, 0.15) is 0 Å². The van der Waals surface area contributed by atoms with E-state index in [1.54, 1.807) is 0 Å². The van der Waals surface area contributed by atoms with Crippen LogP contribution in [-0.4, -0.2) is 5.00 Å². The highest BCUT2D eigenvalue weighted by molar-refractivity contribution is 7.98. The van der Waals surface area contributed by atoms with Crippen molar-refractivity contribution in [1.82, 2.24) is 0 Å². The molecule has 0 amide bonds. The Labute approximate surface area is 40.2 Å². The molecule has 0 bridgehead atoms. The Hall–Kier alpha value is 0.240. The Balaban J connectivity index is 2.28. The van der Waals surface area contributed by atoms with E-state index in [1.165, 1.54) is 0 Å². The van der Waals surface area contributed by atoms with Gasteiger partial charge in [0.15, 0.2) is 5.00 Å². The molecule has 1 aliphatic rings. The molecule has 0 aromatic heterocycles. The molecule has 1 rings (SSSR count). The molecule has 0 aromatic rings. The number of alkyl halides is 1. The molecule has 1 aliphatic carbocycles. The molecule has 0 saturated heterocycles. The second kappa shape index (κ2) is 1.10. The van der Waals surface area contributed by atoms with Gasteiger partial charge < -0.3 is 0 Å². The molecule has 2 N–H and O–H groups in total. The normalized spacial score (nSPS) is 27.0. The second-order valence-corrected chi connectivity index (χ2v) is 2.47. The lowest BCUT2D eigenvalue weighted by Crippen LogP contribution is -1.94. The van der Waals surface area contributed by atoms with Crippen molar-refractivity contribution in [3.63, 3.8) is 0 Å². The number of hydrogen-bond donors (Lipinski definition) is 1. The molecular formula is C3H6FNS. The van der Waals surface area contributed by atoms with Gasteiger partial charge in [0.25, 0.3) is 0 Å². The second-order valence-electron chi connectivity index (χ2n) is 1.50. The van der Waals surface area contributed by atoms with Gasteiger partial charge >= 0.3 is 0 Å². The summed E-state index contributed by atoms with van der Waals surface area (Å²) in [7, 11) is 0. The van der Waals surface area contributed by atoms with Crippen molar-refractivity contribution in [1.29, 1.82) is 0 Å². The first kappa shape index (κ1) is 4.40. The average molecular weight is 107 g/mol. The zero-order chi connectivity index (χ0) is 4.62. The van der Waals surface area contributed by atoms with Gasteiger partial charge in [0.05, 0.1) is 0 Å². The predicted octanol–water partition coefficient (Wildman–Crippen LogP) is 1.05. The first-order valence-electron chi connectivity index (χ1n) is 1.84. The molecule has 0 radical (unpaired) electrons. The molecule has 0 atom stereocenters. The molecule has 36 valence electrons. The van der Waals surface area contributed by atoms with E-state index in [0.717, 1.165) is 11.9 Å². The summed E-state index contributed by atoms with van der Waals surface area (Å²) in [6, 6.07) is 0. The average Bonchev–Trinajstić information content (AvgIpc) is 2.22. The molecule has 0 unspecified atom stereocenters.